The first kappa shape index (κ1) is 20.0. The van der Waals surface area contributed by atoms with Crippen molar-refractivity contribution in [3.8, 4) is 5.75 Å². The highest BCUT2D eigenvalue weighted by Crippen LogP contribution is 2.18. The summed E-state index contributed by atoms with van der Waals surface area (Å²) in [6.07, 6.45) is 1.45. The molecule has 0 saturated heterocycles. The molecule has 0 fully saturated rings. The van der Waals surface area contributed by atoms with Gasteiger partial charge in [-0.2, -0.15) is 0 Å². The molecule has 0 saturated carbocycles. The molecule has 3 aromatic rings. The highest BCUT2D eigenvalue weighted by molar-refractivity contribution is 6.04. The average Bonchev–Trinajstić information content (AvgIpc) is 3.22. The summed E-state index contributed by atoms with van der Waals surface area (Å²) < 4.78 is 15.5. The molecule has 7 heteroatoms. The van der Waals surface area contributed by atoms with Gasteiger partial charge in [0.15, 0.2) is 0 Å². The molecule has 0 aliphatic heterocycles. The Morgan fingerprint density at radius 3 is 2.31 bits per heavy atom. The van der Waals surface area contributed by atoms with E-state index in [1.54, 1.807) is 68.6 Å². The van der Waals surface area contributed by atoms with Crippen LogP contribution in [0.3, 0.4) is 0 Å². The number of hydrogen-bond donors (Lipinski definition) is 2. The zero-order valence-corrected chi connectivity index (χ0v) is 16.2. The summed E-state index contributed by atoms with van der Waals surface area (Å²) >= 11 is 0. The van der Waals surface area contributed by atoms with Gasteiger partial charge in [0.25, 0.3) is 5.91 Å². The molecule has 0 unspecified atom stereocenters. The number of esters is 1. The van der Waals surface area contributed by atoms with E-state index in [1.807, 2.05) is 0 Å². The molecule has 1 amide bonds. The Hall–Kier alpha value is -3.74. The van der Waals surface area contributed by atoms with Crippen LogP contribution in [-0.2, 0) is 11.3 Å². The largest absolute Gasteiger partial charge is 0.497 e. The number of ether oxygens (including phenoxy) is 2. The first-order valence-electron chi connectivity index (χ1n) is 9.13. The van der Waals surface area contributed by atoms with E-state index >= 15 is 0 Å². The second-order valence-electron chi connectivity index (χ2n) is 6.09. The predicted molar refractivity (Wildman–Crippen MR) is 109 cm³/mol. The van der Waals surface area contributed by atoms with E-state index in [1.165, 1.54) is 6.26 Å². The molecule has 2 aromatic carbocycles. The van der Waals surface area contributed by atoms with Crippen molar-refractivity contribution in [3.05, 3.63) is 77.7 Å². The number of furan rings is 1. The summed E-state index contributed by atoms with van der Waals surface area (Å²) in [4.78, 5) is 24.3. The molecule has 1 heterocycles. The number of carbonyl (C=O) groups is 2. The van der Waals surface area contributed by atoms with Crippen LogP contribution in [0.15, 0.2) is 65.3 Å². The Morgan fingerprint density at radius 1 is 0.966 bits per heavy atom. The van der Waals surface area contributed by atoms with Gasteiger partial charge < -0.3 is 24.5 Å². The Morgan fingerprint density at radius 2 is 1.66 bits per heavy atom. The minimum absolute atomic E-state index is 0.211. The number of hydrogen-bond acceptors (Lipinski definition) is 6. The first-order chi connectivity index (χ1) is 14.1. The molecule has 0 bridgehead atoms. The molecule has 3 rings (SSSR count). The van der Waals surface area contributed by atoms with Gasteiger partial charge in [0, 0.05) is 16.9 Å². The normalized spacial score (nSPS) is 10.3. The van der Waals surface area contributed by atoms with Crippen molar-refractivity contribution >= 4 is 23.3 Å². The first-order valence-corrected chi connectivity index (χ1v) is 9.13. The minimum Gasteiger partial charge on any atom is -0.497 e. The van der Waals surface area contributed by atoms with E-state index in [2.05, 4.69) is 10.6 Å². The van der Waals surface area contributed by atoms with Crippen molar-refractivity contribution in [2.24, 2.45) is 0 Å². The molecule has 0 radical (unpaired) electrons. The van der Waals surface area contributed by atoms with Gasteiger partial charge in [-0.3, -0.25) is 4.79 Å². The molecule has 29 heavy (non-hydrogen) atoms. The molecular formula is C22H22N2O5. The lowest BCUT2D eigenvalue weighted by Gasteiger charge is -2.09. The molecule has 0 aliphatic carbocycles. The zero-order valence-electron chi connectivity index (χ0n) is 16.2. The van der Waals surface area contributed by atoms with E-state index in [-0.39, 0.29) is 5.91 Å². The third-order valence-electron chi connectivity index (χ3n) is 4.19. The lowest BCUT2D eigenvalue weighted by molar-refractivity contribution is 0.0524. The number of nitrogens with one attached hydrogen (secondary N) is 2. The summed E-state index contributed by atoms with van der Waals surface area (Å²) in [5.41, 5.74) is 2.39. The summed E-state index contributed by atoms with van der Waals surface area (Å²) in [5, 5.41) is 6.00. The van der Waals surface area contributed by atoms with Crippen LogP contribution in [0.4, 0.5) is 11.4 Å². The lowest BCUT2D eigenvalue weighted by atomic mass is 10.2. The second kappa shape index (κ2) is 9.45. The van der Waals surface area contributed by atoms with E-state index < -0.39 is 5.97 Å². The fourth-order valence-corrected chi connectivity index (χ4v) is 2.67. The van der Waals surface area contributed by atoms with Crippen LogP contribution in [0.25, 0.3) is 0 Å². The topological polar surface area (TPSA) is 89.8 Å². The highest BCUT2D eigenvalue weighted by Gasteiger charge is 2.15. The van der Waals surface area contributed by atoms with Crippen molar-refractivity contribution in [3.63, 3.8) is 0 Å². The number of benzene rings is 2. The third-order valence-corrected chi connectivity index (χ3v) is 4.19. The molecule has 7 nitrogen and oxygen atoms in total. The van der Waals surface area contributed by atoms with Crippen LogP contribution in [0.2, 0.25) is 0 Å². The van der Waals surface area contributed by atoms with E-state index in [0.29, 0.717) is 35.7 Å². The fourth-order valence-electron chi connectivity index (χ4n) is 2.67. The monoisotopic (exact) mass is 394 g/mol. The van der Waals surface area contributed by atoms with Gasteiger partial charge in [-0.25, -0.2) is 4.79 Å². The Bertz CT molecular complexity index is 962. The maximum Gasteiger partial charge on any atom is 0.341 e. The standard InChI is InChI=1S/C22H22N2O5/c1-3-28-22(26)19-12-13-29-20(19)14-23-16-6-4-15(5-7-16)21(25)24-17-8-10-18(27-2)11-9-17/h4-13,23H,3,14H2,1-2H3,(H,24,25). The van der Waals surface area contributed by atoms with Gasteiger partial charge in [0.1, 0.15) is 17.1 Å². The molecular weight excluding hydrogens is 372 g/mol. The van der Waals surface area contributed by atoms with Crippen LogP contribution in [0.1, 0.15) is 33.4 Å². The molecule has 150 valence electrons. The predicted octanol–water partition coefficient (Wildman–Crippen LogP) is 4.33. The quantitative estimate of drug-likeness (QED) is 0.553. The van der Waals surface area contributed by atoms with Gasteiger partial charge in [-0.05, 0) is 61.5 Å². The SMILES string of the molecule is CCOC(=O)c1ccoc1CNc1ccc(C(=O)Nc2ccc(OC)cc2)cc1. The van der Waals surface area contributed by atoms with Crippen molar-refractivity contribution in [1.29, 1.82) is 0 Å². The zero-order chi connectivity index (χ0) is 20.6. The summed E-state index contributed by atoms with van der Waals surface area (Å²) in [6.45, 7) is 2.37. The summed E-state index contributed by atoms with van der Waals surface area (Å²) in [7, 11) is 1.59. The smallest absolute Gasteiger partial charge is 0.341 e. The second-order valence-corrected chi connectivity index (χ2v) is 6.09. The number of methoxy groups -OCH3 is 1. The maximum absolute atomic E-state index is 12.4. The molecule has 2 N–H and O–H groups in total. The number of rotatable bonds is 8. The summed E-state index contributed by atoms with van der Waals surface area (Å²) in [5.74, 6) is 0.590. The van der Waals surface area contributed by atoms with Gasteiger partial charge in [0.2, 0.25) is 0 Å². The fraction of sp³-hybridized carbons (Fsp3) is 0.182. The third kappa shape index (κ3) is 5.16. The van der Waals surface area contributed by atoms with Crippen LogP contribution in [0, 0.1) is 0 Å². The van der Waals surface area contributed by atoms with Crippen molar-refractivity contribution in [2.75, 3.05) is 24.4 Å². The lowest BCUT2D eigenvalue weighted by Crippen LogP contribution is -2.12. The Kier molecular flexibility index (Phi) is 6.52. The van der Waals surface area contributed by atoms with Gasteiger partial charge in [0.05, 0.1) is 26.5 Å². The molecule has 0 aliphatic rings. The number of anilines is 2. The van der Waals surface area contributed by atoms with E-state index in [0.717, 1.165) is 11.4 Å². The van der Waals surface area contributed by atoms with Gasteiger partial charge in [-0.1, -0.05) is 0 Å². The molecule has 1 aromatic heterocycles. The Labute approximate surface area is 168 Å². The average molecular weight is 394 g/mol. The van der Waals surface area contributed by atoms with Gasteiger partial charge in [-0.15, -0.1) is 0 Å². The van der Waals surface area contributed by atoms with E-state index in [4.69, 9.17) is 13.9 Å². The maximum atomic E-state index is 12.4. The van der Waals surface area contributed by atoms with Crippen molar-refractivity contribution in [2.45, 2.75) is 13.5 Å². The van der Waals surface area contributed by atoms with Crippen LogP contribution >= 0.6 is 0 Å². The number of carbonyl (C=O) groups excluding carboxylic acids is 2. The highest BCUT2D eigenvalue weighted by atomic mass is 16.5. The van der Waals surface area contributed by atoms with Crippen molar-refractivity contribution in [1.82, 2.24) is 0 Å². The van der Waals surface area contributed by atoms with E-state index in [9.17, 15) is 9.59 Å². The minimum atomic E-state index is -0.413. The molecule has 0 atom stereocenters. The van der Waals surface area contributed by atoms with Crippen LogP contribution in [-0.4, -0.2) is 25.6 Å². The Balaban J connectivity index is 1.58. The van der Waals surface area contributed by atoms with Gasteiger partial charge >= 0.3 is 5.97 Å². The summed E-state index contributed by atoms with van der Waals surface area (Å²) in [6, 6.07) is 15.7. The van der Waals surface area contributed by atoms with Crippen LogP contribution in [0.5, 0.6) is 5.75 Å². The van der Waals surface area contributed by atoms with Crippen molar-refractivity contribution < 1.29 is 23.5 Å². The molecule has 0 spiro atoms. The number of amides is 1. The van der Waals surface area contributed by atoms with Crippen LogP contribution < -0.4 is 15.4 Å².